The molecule has 0 aromatic heterocycles. The number of rotatable bonds is 2. The van der Waals surface area contributed by atoms with Crippen molar-refractivity contribution in [2.75, 3.05) is 13.7 Å². The van der Waals surface area contributed by atoms with Crippen LogP contribution in [0, 0.1) is 10.1 Å². The molecule has 0 aliphatic carbocycles. The third-order valence-corrected chi connectivity index (χ3v) is 2.36. The number of ether oxygens (including phenoxy) is 2. The Morgan fingerprint density at radius 2 is 2.29 bits per heavy atom. The van der Waals surface area contributed by atoms with E-state index in [1.165, 1.54) is 19.3 Å². The molecule has 0 atom stereocenters. The fourth-order valence-corrected chi connectivity index (χ4v) is 1.52. The van der Waals surface area contributed by atoms with Gasteiger partial charge in [-0.1, -0.05) is 0 Å². The minimum atomic E-state index is -0.506. The van der Waals surface area contributed by atoms with Gasteiger partial charge in [0.15, 0.2) is 6.61 Å². The van der Waals surface area contributed by atoms with E-state index in [9.17, 15) is 14.9 Å². The molecule has 0 bridgehead atoms. The highest BCUT2D eigenvalue weighted by Gasteiger charge is 2.20. The summed E-state index contributed by atoms with van der Waals surface area (Å²) in [4.78, 5) is 21.4. The van der Waals surface area contributed by atoms with Crippen molar-refractivity contribution >= 4 is 12.0 Å². The largest absolute Gasteiger partial charge is 0.482 e. The molecule has 1 aromatic rings. The quantitative estimate of drug-likeness (QED) is 0.440. The number of hydrogen-bond donors (Lipinski definition) is 0. The van der Waals surface area contributed by atoms with Gasteiger partial charge in [0.05, 0.1) is 17.6 Å². The van der Waals surface area contributed by atoms with Gasteiger partial charge in [0.1, 0.15) is 5.75 Å². The van der Waals surface area contributed by atoms with Crippen molar-refractivity contribution in [1.82, 2.24) is 0 Å². The zero-order valence-electron chi connectivity index (χ0n) is 9.00. The van der Waals surface area contributed by atoms with Gasteiger partial charge in [-0.15, -0.1) is 0 Å². The van der Waals surface area contributed by atoms with Crippen LogP contribution in [-0.4, -0.2) is 24.6 Å². The SMILES string of the molecule is COC(=O)c1ccc2c(c1)C=C([N+](=O)[O-])CO2. The zero-order valence-corrected chi connectivity index (χ0v) is 9.00. The van der Waals surface area contributed by atoms with E-state index in [-0.39, 0.29) is 12.3 Å². The van der Waals surface area contributed by atoms with Crippen LogP contribution in [0.5, 0.6) is 5.75 Å². The number of fused-ring (bicyclic) bond motifs is 1. The molecule has 0 spiro atoms. The number of nitrogens with zero attached hydrogens (tertiary/aromatic N) is 1. The van der Waals surface area contributed by atoms with Crippen LogP contribution in [0.3, 0.4) is 0 Å². The van der Waals surface area contributed by atoms with E-state index in [4.69, 9.17) is 4.74 Å². The minimum absolute atomic E-state index is 0.0421. The number of carbonyl (C=O) groups is 1. The van der Waals surface area contributed by atoms with Crippen molar-refractivity contribution in [2.24, 2.45) is 0 Å². The Morgan fingerprint density at radius 1 is 1.53 bits per heavy atom. The Morgan fingerprint density at radius 3 is 2.94 bits per heavy atom. The summed E-state index contributed by atoms with van der Waals surface area (Å²) in [6.45, 7) is -0.0719. The van der Waals surface area contributed by atoms with Crippen LogP contribution in [-0.2, 0) is 4.74 Å². The predicted octanol–water partition coefficient (Wildman–Crippen LogP) is 1.48. The Kier molecular flexibility index (Phi) is 2.78. The van der Waals surface area contributed by atoms with Crippen molar-refractivity contribution in [1.29, 1.82) is 0 Å². The lowest BCUT2D eigenvalue weighted by Gasteiger charge is -2.13. The maximum Gasteiger partial charge on any atom is 0.337 e. The lowest BCUT2D eigenvalue weighted by molar-refractivity contribution is -0.427. The standard InChI is InChI=1S/C11H9NO5/c1-16-11(13)7-2-3-10-8(4-7)5-9(6-17-10)12(14)15/h2-5H,6H2,1H3. The number of methoxy groups -OCH3 is 1. The van der Waals surface area contributed by atoms with Crippen molar-refractivity contribution in [2.45, 2.75) is 0 Å². The van der Waals surface area contributed by atoms with Gasteiger partial charge in [-0.25, -0.2) is 4.79 Å². The molecule has 0 amide bonds. The molecule has 6 nitrogen and oxygen atoms in total. The molecule has 0 fully saturated rings. The third kappa shape index (κ3) is 2.10. The fourth-order valence-electron chi connectivity index (χ4n) is 1.52. The molecule has 88 valence electrons. The summed E-state index contributed by atoms with van der Waals surface area (Å²) in [6, 6.07) is 4.65. The van der Waals surface area contributed by atoms with Crippen LogP contribution in [0.2, 0.25) is 0 Å². The molecule has 0 unspecified atom stereocenters. The highest BCUT2D eigenvalue weighted by Crippen LogP contribution is 2.27. The topological polar surface area (TPSA) is 78.7 Å². The van der Waals surface area contributed by atoms with Crippen LogP contribution in [0.15, 0.2) is 23.9 Å². The van der Waals surface area contributed by atoms with E-state index in [1.54, 1.807) is 12.1 Å². The first-order valence-corrected chi connectivity index (χ1v) is 4.82. The first-order valence-electron chi connectivity index (χ1n) is 4.82. The van der Waals surface area contributed by atoms with Crippen molar-refractivity contribution in [3.05, 3.63) is 45.1 Å². The lowest BCUT2D eigenvalue weighted by atomic mass is 10.1. The summed E-state index contributed by atoms with van der Waals surface area (Å²) >= 11 is 0. The molecule has 17 heavy (non-hydrogen) atoms. The van der Waals surface area contributed by atoms with Gasteiger partial charge < -0.3 is 9.47 Å². The second-order valence-electron chi connectivity index (χ2n) is 3.43. The van der Waals surface area contributed by atoms with Crippen molar-refractivity contribution in [3.63, 3.8) is 0 Å². The Bertz CT molecular complexity index is 521. The molecule has 1 aliphatic heterocycles. The molecule has 6 heteroatoms. The molecule has 0 saturated heterocycles. The number of carbonyl (C=O) groups excluding carboxylic acids is 1. The van der Waals surface area contributed by atoms with Gasteiger partial charge >= 0.3 is 5.97 Å². The number of esters is 1. The van der Waals surface area contributed by atoms with E-state index in [0.29, 0.717) is 16.9 Å². The maximum absolute atomic E-state index is 11.3. The van der Waals surface area contributed by atoms with Crippen LogP contribution < -0.4 is 4.74 Å². The maximum atomic E-state index is 11.3. The van der Waals surface area contributed by atoms with Gasteiger partial charge in [-0.05, 0) is 18.2 Å². The zero-order chi connectivity index (χ0) is 12.4. The highest BCUT2D eigenvalue weighted by atomic mass is 16.6. The van der Waals surface area contributed by atoms with Crippen molar-refractivity contribution in [3.8, 4) is 5.75 Å². The summed E-state index contributed by atoms with van der Waals surface area (Å²) in [5.41, 5.74) is 0.793. The molecule has 0 radical (unpaired) electrons. The van der Waals surface area contributed by atoms with E-state index < -0.39 is 10.9 Å². The Balaban J connectivity index is 2.42. The van der Waals surface area contributed by atoms with Gasteiger partial charge in [-0.2, -0.15) is 0 Å². The fraction of sp³-hybridized carbons (Fsp3) is 0.182. The van der Waals surface area contributed by atoms with E-state index >= 15 is 0 Å². The summed E-state index contributed by atoms with van der Waals surface area (Å²) in [5.74, 6) is 0.0256. The normalized spacial score (nSPS) is 13.1. The van der Waals surface area contributed by atoms with Crippen LogP contribution in [0.25, 0.3) is 6.08 Å². The summed E-state index contributed by atoms with van der Waals surface area (Å²) in [5, 5.41) is 10.6. The average Bonchev–Trinajstić information content (AvgIpc) is 2.36. The number of hydrogen-bond acceptors (Lipinski definition) is 5. The molecule has 0 saturated carbocycles. The molecule has 1 heterocycles. The second kappa shape index (κ2) is 4.25. The summed E-state index contributed by atoms with van der Waals surface area (Å²) < 4.78 is 9.77. The van der Waals surface area contributed by atoms with Gasteiger partial charge in [0.2, 0.25) is 0 Å². The Hall–Kier alpha value is -2.37. The predicted molar refractivity (Wildman–Crippen MR) is 58.2 cm³/mol. The second-order valence-corrected chi connectivity index (χ2v) is 3.43. The van der Waals surface area contributed by atoms with Crippen molar-refractivity contribution < 1.29 is 19.2 Å². The molecule has 0 N–H and O–H groups in total. The first kappa shape index (κ1) is 11.1. The van der Waals surface area contributed by atoms with Gasteiger partial charge in [-0.3, -0.25) is 10.1 Å². The molecular weight excluding hydrogens is 226 g/mol. The van der Waals surface area contributed by atoms with Crippen LogP contribution >= 0.6 is 0 Å². The molecular formula is C11H9NO5. The number of benzene rings is 1. The van der Waals surface area contributed by atoms with Gasteiger partial charge in [0, 0.05) is 11.6 Å². The third-order valence-electron chi connectivity index (χ3n) is 2.36. The summed E-state index contributed by atoms with van der Waals surface area (Å²) in [6.07, 6.45) is 1.39. The monoisotopic (exact) mass is 235 g/mol. The van der Waals surface area contributed by atoms with Gasteiger partial charge in [0.25, 0.3) is 5.70 Å². The molecule has 1 aromatic carbocycles. The van der Waals surface area contributed by atoms with Crippen LogP contribution in [0.4, 0.5) is 0 Å². The molecule has 2 rings (SSSR count). The first-order chi connectivity index (χ1) is 8.11. The average molecular weight is 235 g/mol. The van der Waals surface area contributed by atoms with Crippen LogP contribution in [0.1, 0.15) is 15.9 Å². The number of nitro groups is 1. The van der Waals surface area contributed by atoms with E-state index in [1.807, 2.05) is 0 Å². The minimum Gasteiger partial charge on any atom is -0.482 e. The smallest absolute Gasteiger partial charge is 0.337 e. The lowest BCUT2D eigenvalue weighted by Crippen LogP contribution is -2.14. The Labute approximate surface area is 96.6 Å². The highest BCUT2D eigenvalue weighted by molar-refractivity contribution is 5.90. The van der Waals surface area contributed by atoms with E-state index in [0.717, 1.165) is 0 Å². The summed E-state index contributed by atoms with van der Waals surface area (Å²) in [7, 11) is 1.27. The van der Waals surface area contributed by atoms with E-state index in [2.05, 4.69) is 4.74 Å². The molecule has 1 aliphatic rings.